The zero-order chi connectivity index (χ0) is 11.4. The Morgan fingerprint density at radius 2 is 1.75 bits per heavy atom. The topological polar surface area (TPSA) is 35.2 Å². The number of hydrogen-bond acceptors (Lipinski definition) is 2. The van der Waals surface area contributed by atoms with Crippen LogP contribution in [0.1, 0.15) is 44.6 Å². The number of rotatable bonds is 3. The van der Waals surface area contributed by atoms with Gasteiger partial charge in [0.15, 0.2) is 0 Å². The Labute approximate surface area is 97.8 Å². The molecule has 0 heterocycles. The van der Waals surface area contributed by atoms with Gasteiger partial charge in [-0.15, -0.1) is 0 Å². The summed E-state index contributed by atoms with van der Waals surface area (Å²) in [5, 5.41) is 0. The van der Waals surface area contributed by atoms with E-state index < -0.39 is 0 Å². The first-order valence-corrected chi connectivity index (χ1v) is 6.27. The van der Waals surface area contributed by atoms with E-state index in [0.29, 0.717) is 6.61 Å². The highest BCUT2D eigenvalue weighted by atomic mass is 16.5. The molecule has 0 bridgehead atoms. The van der Waals surface area contributed by atoms with Crippen LogP contribution in [0.2, 0.25) is 0 Å². The second kappa shape index (κ2) is 4.88. The third kappa shape index (κ3) is 2.38. The molecule has 2 rings (SSSR count). The van der Waals surface area contributed by atoms with E-state index in [-0.39, 0.29) is 5.54 Å². The molecule has 0 radical (unpaired) electrons. The van der Waals surface area contributed by atoms with Crippen molar-refractivity contribution in [3.8, 4) is 5.75 Å². The smallest absolute Gasteiger partial charge is 0.119 e. The van der Waals surface area contributed by atoms with Crippen LogP contribution in [0, 0.1) is 0 Å². The van der Waals surface area contributed by atoms with Crippen LogP contribution in [-0.2, 0) is 5.54 Å². The second-order valence-corrected chi connectivity index (χ2v) is 4.67. The third-order valence-corrected chi connectivity index (χ3v) is 3.49. The standard InChI is InChI=1S/C14H21NO/c1-2-16-13-8-6-12(7-9-13)14(15)10-4-3-5-11-14/h6-9H,2-5,10-11,15H2,1H3. The average molecular weight is 219 g/mol. The lowest BCUT2D eigenvalue weighted by molar-refractivity contribution is 0.301. The van der Waals surface area contributed by atoms with Gasteiger partial charge in [0.1, 0.15) is 5.75 Å². The number of nitrogens with two attached hydrogens (primary N) is 1. The predicted octanol–water partition coefficient (Wildman–Crippen LogP) is 3.20. The van der Waals surface area contributed by atoms with E-state index in [9.17, 15) is 0 Å². The number of benzene rings is 1. The van der Waals surface area contributed by atoms with Crippen LogP contribution >= 0.6 is 0 Å². The Bertz CT molecular complexity index is 325. The predicted molar refractivity (Wildman–Crippen MR) is 66.6 cm³/mol. The molecular weight excluding hydrogens is 198 g/mol. The molecule has 0 saturated heterocycles. The molecule has 2 nitrogen and oxygen atoms in total. The minimum Gasteiger partial charge on any atom is -0.494 e. The highest BCUT2D eigenvalue weighted by Gasteiger charge is 2.28. The van der Waals surface area contributed by atoms with Crippen molar-refractivity contribution in [3.63, 3.8) is 0 Å². The van der Waals surface area contributed by atoms with E-state index in [2.05, 4.69) is 12.1 Å². The molecule has 1 aromatic rings. The van der Waals surface area contributed by atoms with Crippen molar-refractivity contribution in [2.24, 2.45) is 5.73 Å². The van der Waals surface area contributed by atoms with Crippen LogP contribution in [0.25, 0.3) is 0 Å². The van der Waals surface area contributed by atoms with Gasteiger partial charge < -0.3 is 10.5 Å². The molecule has 0 atom stereocenters. The van der Waals surface area contributed by atoms with Crippen LogP contribution in [-0.4, -0.2) is 6.61 Å². The molecule has 88 valence electrons. The van der Waals surface area contributed by atoms with Crippen LogP contribution < -0.4 is 10.5 Å². The van der Waals surface area contributed by atoms with E-state index in [0.717, 1.165) is 18.6 Å². The van der Waals surface area contributed by atoms with Crippen LogP contribution in [0.3, 0.4) is 0 Å². The highest BCUT2D eigenvalue weighted by molar-refractivity contribution is 5.32. The Morgan fingerprint density at radius 1 is 1.12 bits per heavy atom. The highest BCUT2D eigenvalue weighted by Crippen LogP contribution is 2.35. The summed E-state index contributed by atoms with van der Waals surface area (Å²) in [7, 11) is 0. The summed E-state index contributed by atoms with van der Waals surface area (Å²) in [6.45, 7) is 2.71. The molecule has 0 unspecified atom stereocenters. The van der Waals surface area contributed by atoms with Crippen LogP contribution in [0.15, 0.2) is 24.3 Å². The second-order valence-electron chi connectivity index (χ2n) is 4.67. The summed E-state index contributed by atoms with van der Waals surface area (Å²) in [5.41, 5.74) is 7.63. The molecule has 0 aromatic heterocycles. The van der Waals surface area contributed by atoms with Crippen molar-refractivity contribution in [3.05, 3.63) is 29.8 Å². The molecular formula is C14H21NO. The fourth-order valence-corrected chi connectivity index (χ4v) is 2.52. The zero-order valence-electron chi connectivity index (χ0n) is 10.0. The summed E-state index contributed by atoms with van der Waals surface area (Å²) in [5.74, 6) is 0.936. The SMILES string of the molecule is CCOc1ccc(C2(N)CCCCC2)cc1. The molecule has 1 aromatic carbocycles. The van der Waals surface area contributed by atoms with Gasteiger partial charge >= 0.3 is 0 Å². The van der Waals surface area contributed by atoms with Crippen molar-refractivity contribution in [1.82, 2.24) is 0 Å². The van der Waals surface area contributed by atoms with Crippen molar-refractivity contribution < 1.29 is 4.74 Å². The Balaban J connectivity index is 2.13. The first-order valence-electron chi connectivity index (χ1n) is 6.27. The first kappa shape index (κ1) is 11.5. The van der Waals surface area contributed by atoms with Gasteiger partial charge in [0, 0.05) is 5.54 Å². The van der Waals surface area contributed by atoms with Crippen molar-refractivity contribution in [2.75, 3.05) is 6.61 Å². The number of ether oxygens (including phenoxy) is 1. The molecule has 2 N–H and O–H groups in total. The van der Waals surface area contributed by atoms with Gasteiger partial charge in [-0.05, 0) is 37.5 Å². The van der Waals surface area contributed by atoms with Gasteiger partial charge in [-0.1, -0.05) is 31.4 Å². The quantitative estimate of drug-likeness (QED) is 0.847. The molecule has 1 fully saturated rings. The summed E-state index contributed by atoms with van der Waals surface area (Å²) in [6, 6.07) is 8.30. The molecule has 1 aliphatic carbocycles. The van der Waals surface area contributed by atoms with Gasteiger partial charge in [-0.2, -0.15) is 0 Å². The van der Waals surface area contributed by atoms with Crippen molar-refractivity contribution >= 4 is 0 Å². The summed E-state index contributed by atoms with van der Waals surface area (Å²) in [4.78, 5) is 0. The maximum atomic E-state index is 6.46. The number of hydrogen-bond donors (Lipinski definition) is 1. The zero-order valence-corrected chi connectivity index (χ0v) is 10.0. The molecule has 0 spiro atoms. The largest absolute Gasteiger partial charge is 0.494 e. The Hall–Kier alpha value is -1.02. The average Bonchev–Trinajstić information content (AvgIpc) is 2.31. The minimum absolute atomic E-state index is 0.0943. The fourth-order valence-electron chi connectivity index (χ4n) is 2.52. The fraction of sp³-hybridized carbons (Fsp3) is 0.571. The first-order chi connectivity index (χ1) is 7.74. The van der Waals surface area contributed by atoms with Crippen LogP contribution in [0.5, 0.6) is 5.75 Å². The van der Waals surface area contributed by atoms with Gasteiger partial charge in [0.25, 0.3) is 0 Å². The summed E-state index contributed by atoms with van der Waals surface area (Å²) >= 11 is 0. The van der Waals surface area contributed by atoms with Gasteiger partial charge in [-0.3, -0.25) is 0 Å². The molecule has 1 saturated carbocycles. The minimum atomic E-state index is -0.0943. The van der Waals surface area contributed by atoms with Crippen molar-refractivity contribution in [1.29, 1.82) is 0 Å². The molecule has 2 heteroatoms. The van der Waals surface area contributed by atoms with E-state index >= 15 is 0 Å². The molecule has 16 heavy (non-hydrogen) atoms. The Kier molecular flexibility index (Phi) is 3.49. The third-order valence-electron chi connectivity index (χ3n) is 3.49. The molecule has 0 aliphatic heterocycles. The van der Waals surface area contributed by atoms with Crippen molar-refractivity contribution in [2.45, 2.75) is 44.6 Å². The van der Waals surface area contributed by atoms with Gasteiger partial charge in [-0.25, -0.2) is 0 Å². The lowest BCUT2D eigenvalue weighted by atomic mass is 9.77. The maximum Gasteiger partial charge on any atom is 0.119 e. The summed E-state index contributed by atoms with van der Waals surface area (Å²) in [6.07, 6.45) is 6.06. The van der Waals surface area contributed by atoms with E-state index in [1.54, 1.807) is 0 Å². The Morgan fingerprint density at radius 3 is 2.31 bits per heavy atom. The van der Waals surface area contributed by atoms with Gasteiger partial charge in [0.05, 0.1) is 6.61 Å². The monoisotopic (exact) mass is 219 g/mol. The van der Waals surface area contributed by atoms with E-state index in [1.807, 2.05) is 19.1 Å². The summed E-state index contributed by atoms with van der Waals surface area (Å²) < 4.78 is 5.44. The lowest BCUT2D eigenvalue weighted by Crippen LogP contribution is -2.38. The van der Waals surface area contributed by atoms with Gasteiger partial charge in [0.2, 0.25) is 0 Å². The van der Waals surface area contributed by atoms with E-state index in [4.69, 9.17) is 10.5 Å². The van der Waals surface area contributed by atoms with Crippen LogP contribution in [0.4, 0.5) is 0 Å². The normalized spacial score (nSPS) is 19.4. The molecule has 0 amide bonds. The van der Waals surface area contributed by atoms with E-state index in [1.165, 1.54) is 24.8 Å². The lowest BCUT2D eigenvalue weighted by Gasteiger charge is -2.34. The molecule has 1 aliphatic rings. The maximum absolute atomic E-state index is 6.46.